The van der Waals surface area contributed by atoms with Crippen molar-refractivity contribution in [3.63, 3.8) is 0 Å². The molecule has 1 rings (SSSR count). The van der Waals surface area contributed by atoms with Gasteiger partial charge in [-0.2, -0.15) is 0 Å². The van der Waals surface area contributed by atoms with Crippen molar-refractivity contribution < 1.29 is 0 Å². The highest BCUT2D eigenvalue weighted by molar-refractivity contribution is 4.73. The lowest BCUT2D eigenvalue weighted by Crippen LogP contribution is -2.40. The van der Waals surface area contributed by atoms with Gasteiger partial charge in [0.15, 0.2) is 0 Å². The lowest BCUT2D eigenvalue weighted by Gasteiger charge is -2.24. The van der Waals surface area contributed by atoms with E-state index in [1.54, 1.807) is 0 Å². The zero-order valence-corrected chi connectivity index (χ0v) is 10.6. The van der Waals surface area contributed by atoms with E-state index in [2.05, 4.69) is 30.7 Å². The van der Waals surface area contributed by atoms with Crippen LogP contribution in [0.5, 0.6) is 0 Å². The quantitative estimate of drug-likeness (QED) is 0.756. The van der Waals surface area contributed by atoms with Crippen LogP contribution in [-0.2, 0) is 0 Å². The fourth-order valence-corrected chi connectivity index (χ4v) is 2.29. The van der Waals surface area contributed by atoms with Crippen LogP contribution >= 0.6 is 0 Å². The predicted octanol–water partition coefficient (Wildman–Crippen LogP) is 0.997. The highest BCUT2D eigenvalue weighted by atomic mass is 15.2. The van der Waals surface area contributed by atoms with Crippen molar-refractivity contribution in [2.75, 3.05) is 39.8 Å². The van der Waals surface area contributed by atoms with Gasteiger partial charge in [-0.1, -0.05) is 13.8 Å². The Labute approximate surface area is 94.6 Å². The summed E-state index contributed by atoms with van der Waals surface area (Å²) in [5, 5.41) is 0. The van der Waals surface area contributed by atoms with E-state index in [9.17, 15) is 0 Å². The molecule has 0 saturated carbocycles. The first kappa shape index (κ1) is 12.9. The molecular weight excluding hydrogens is 186 g/mol. The van der Waals surface area contributed by atoms with Gasteiger partial charge in [-0.3, -0.25) is 0 Å². The average Bonchev–Trinajstić information content (AvgIpc) is 2.29. The lowest BCUT2D eigenvalue weighted by atomic mass is 10.0. The second-order valence-corrected chi connectivity index (χ2v) is 5.35. The SMILES string of the molecule is CC(C)CC(N)CN1CCCN(C)CC1. The molecule has 1 heterocycles. The standard InChI is InChI=1S/C12H27N3/c1-11(2)9-12(13)10-15-6-4-5-14(3)7-8-15/h11-12H,4-10,13H2,1-3H3. The third kappa shape index (κ3) is 5.50. The molecule has 1 aliphatic heterocycles. The van der Waals surface area contributed by atoms with Crippen LogP contribution in [0.1, 0.15) is 26.7 Å². The maximum atomic E-state index is 6.14. The zero-order valence-electron chi connectivity index (χ0n) is 10.6. The van der Waals surface area contributed by atoms with Crippen molar-refractivity contribution in [1.29, 1.82) is 0 Å². The highest BCUT2D eigenvalue weighted by Gasteiger charge is 2.15. The molecule has 0 radical (unpaired) electrons. The number of hydrogen-bond donors (Lipinski definition) is 1. The molecular formula is C12H27N3. The molecule has 2 N–H and O–H groups in total. The van der Waals surface area contributed by atoms with E-state index >= 15 is 0 Å². The Bertz CT molecular complexity index is 170. The molecule has 0 aromatic rings. The molecule has 0 aromatic carbocycles. The van der Waals surface area contributed by atoms with Crippen LogP contribution < -0.4 is 5.73 Å². The van der Waals surface area contributed by atoms with Crippen LogP contribution in [0.25, 0.3) is 0 Å². The van der Waals surface area contributed by atoms with Gasteiger partial charge in [0, 0.05) is 25.7 Å². The minimum Gasteiger partial charge on any atom is -0.327 e. The molecule has 3 nitrogen and oxygen atoms in total. The maximum Gasteiger partial charge on any atom is 0.0170 e. The summed E-state index contributed by atoms with van der Waals surface area (Å²) in [5.41, 5.74) is 6.14. The van der Waals surface area contributed by atoms with Crippen LogP contribution in [0.15, 0.2) is 0 Å². The van der Waals surface area contributed by atoms with Gasteiger partial charge in [-0.05, 0) is 38.9 Å². The summed E-state index contributed by atoms with van der Waals surface area (Å²) in [6.07, 6.45) is 2.43. The lowest BCUT2D eigenvalue weighted by molar-refractivity contribution is 0.250. The summed E-state index contributed by atoms with van der Waals surface area (Å²) in [7, 11) is 2.21. The first-order valence-electron chi connectivity index (χ1n) is 6.24. The highest BCUT2D eigenvalue weighted by Crippen LogP contribution is 2.06. The minimum atomic E-state index is 0.355. The Hall–Kier alpha value is -0.120. The molecule has 0 aliphatic carbocycles. The van der Waals surface area contributed by atoms with Gasteiger partial charge in [0.2, 0.25) is 0 Å². The molecule has 3 heteroatoms. The van der Waals surface area contributed by atoms with E-state index in [0.717, 1.165) is 18.9 Å². The zero-order chi connectivity index (χ0) is 11.3. The number of likely N-dealkylation sites (N-methyl/N-ethyl adjacent to an activating group) is 1. The monoisotopic (exact) mass is 213 g/mol. The van der Waals surface area contributed by atoms with Crippen LogP contribution in [0.2, 0.25) is 0 Å². The van der Waals surface area contributed by atoms with Crippen molar-refractivity contribution in [2.24, 2.45) is 11.7 Å². The van der Waals surface area contributed by atoms with E-state index in [4.69, 9.17) is 5.73 Å². The largest absolute Gasteiger partial charge is 0.327 e. The summed E-state index contributed by atoms with van der Waals surface area (Å²) >= 11 is 0. The fraction of sp³-hybridized carbons (Fsp3) is 1.00. The number of nitrogens with two attached hydrogens (primary N) is 1. The topological polar surface area (TPSA) is 32.5 Å². The van der Waals surface area contributed by atoms with Gasteiger partial charge in [0.05, 0.1) is 0 Å². The van der Waals surface area contributed by atoms with E-state index in [-0.39, 0.29) is 0 Å². The predicted molar refractivity (Wildman–Crippen MR) is 66.0 cm³/mol. The molecule has 1 aliphatic rings. The Morgan fingerprint density at radius 3 is 2.53 bits per heavy atom. The van der Waals surface area contributed by atoms with E-state index in [1.807, 2.05) is 0 Å². The normalized spacial score (nSPS) is 23.0. The third-order valence-electron chi connectivity index (χ3n) is 3.08. The van der Waals surface area contributed by atoms with Crippen LogP contribution in [0.3, 0.4) is 0 Å². The van der Waals surface area contributed by atoms with Gasteiger partial charge < -0.3 is 15.5 Å². The molecule has 1 saturated heterocycles. The molecule has 1 atom stereocenters. The second kappa shape index (κ2) is 6.46. The van der Waals surface area contributed by atoms with Crippen molar-refractivity contribution >= 4 is 0 Å². The third-order valence-corrected chi connectivity index (χ3v) is 3.08. The van der Waals surface area contributed by atoms with E-state index in [0.29, 0.717) is 6.04 Å². The number of hydrogen-bond acceptors (Lipinski definition) is 3. The summed E-state index contributed by atoms with van der Waals surface area (Å²) < 4.78 is 0. The van der Waals surface area contributed by atoms with Crippen LogP contribution in [0.4, 0.5) is 0 Å². The summed E-state index contributed by atoms with van der Waals surface area (Å²) in [6, 6.07) is 0.355. The first-order valence-corrected chi connectivity index (χ1v) is 6.24. The Balaban J connectivity index is 2.24. The van der Waals surface area contributed by atoms with Gasteiger partial charge in [-0.25, -0.2) is 0 Å². The van der Waals surface area contributed by atoms with E-state index in [1.165, 1.54) is 32.6 Å². The number of nitrogens with zero attached hydrogens (tertiary/aromatic N) is 2. The summed E-state index contributed by atoms with van der Waals surface area (Å²) in [5.74, 6) is 0.717. The smallest absolute Gasteiger partial charge is 0.0170 e. The number of rotatable bonds is 4. The molecule has 0 spiro atoms. The maximum absolute atomic E-state index is 6.14. The molecule has 0 aromatic heterocycles. The molecule has 0 bridgehead atoms. The first-order chi connectivity index (χ1) is 7.08. The second-order valence-electron chi connectivity index (χ2n) is 5.35. The van der Waals surface area contributed by atoms with Gasteiger partial charge in [0.25, 0.3) is 0 Å². The minimum absolute atomic E-state index is 0.355. The average molecular weight is 213 g/mol. The molecule has 1 fully saturated rings. The summed E-state index contributed by atoms with van der Waals surface area (Å²) in [6.45, 7) is 10.4. The molecule has 90 valence electrons. The van der Waals surface area contributed by atoms with Gasteiger partial charge in [0.1, 0.15) is 0 Å². The van der Waals surface area contributed by atoms with Gasteiger partial charge in [-0.15, -0.1) is 0 Å². The molecule has 1 unspecified atom stereocenters. The van der Waals surface area contributed by atoms with Gasteiger partial charge >= 0.3 is 0 Å². The Kier molecular flexibility index (Phi) is 5.58. The molecule has 15 heavy (non-hydrogen) atoms. The van der Waals surface area contributed by atoms with Crippen molar-refractivity contribution in [3.05, 3.63) is 0 Å². The fourth-order valence-electron chi connectivity index (χ4n) is 2.29. The summed E-state index contributed by atoms with van der Waals surface area (Å²) in [4.78, 5) is 4.94. The van der Waals surface area contributed by atoms with Crippen LogP contribution in [0, 0.1) is 5.92 Å². The Morgan fingerprint density at radius 2 is 1.87 bits per heavy atom. The Morgan fingerprint density at radius 1 is 1.13 bits per heavy atom. The molecule has 0 amide bonds. The van der Waals surface area contributed by atoms with E-state index < -0.39 is 0 Å². The van der Waals surface area contributed by atoms with Crippen LogP contribution in [-0.4, -0.2) is 55.6 Å². The van der Waals surface area contributed by atoms with Crippen molar-refractivity contribution in [2.45, 2.75) is 32.7 Å². The van der Waals surface area contributed by atoms with Crippen molar-refractivity contribution in [1.82, 2.24) is 9.80 Å². The van der Waals surface area contributed by atoms with Crippen molar-refractivity contribution in [3.8, 4) is 0 Å².